The molecule has 0 fully saturated rings. The SMILES string of the molecule is CCOC(=O)c1ccc(NC(=O)Cn2cnc3sc(C(=O)Nc4ccc(C)cc4C)c(C)c3c2=O)cc1. The van der Waals surface area contributed by atoms with Crippen LogP contribution in [0.3, 0.4) is 0 Å². The van der Waals surface area contributed by atoms with Gasteiger partial charge in [0, 0.05) is 11.4 Å². The summed E-state index contributed by atoms with van der Waals surface area (Å²) in [6.45, 7) is 7.33. The summed E-state index contributed by atoms with van der Waals surface area (Å²) in [5.41, 5.74) is 3.68. The zero-order chi connectivity index (χ0) is 26.7. The minimum atomic E-state index is -0.445. The van der Waals surface area contributed by atoms with Crippen molar-refractivity contribution in [2.75, 3.05) is 17.2 Å². The lowest BCUT2D eigenvalue weighted by molar-refractivity contribution is -0.116. The number of fused-ring (bicyclic) bond motifs is 1. The van der Waals surface area contributed by atoms with E-state index in [-0.39, 0.29) is 19.1 Å². The minimum absolute atomic E-state index is 0.263. The molecule has 2 amide bonds. The highest BCUT2D eigenvalue weighted by Crippen LogP contribution is 2.28. The summed E-state index contributed by atoms with van der Waals surface area (Å²) in [6, 6.07) is 12.0. The number of carbonyl (C=O) groups is 3. The van der Waals surface area contributed by atoms with E-state index in [9.17, 15) is 19.2 Å². The van der Waals surface area contributed by atoms with E-state index in [2.05, 4.69) is 15.6 Å². The number of esters is 1. The third kappa shape index (κ3) is 5.59. The number of hydrogen-bond acceptors (Lipinski definition) is 7. The van der Waals surface area contributed by atoms with Gasteiger partial charge in [0.05, 0.1) is 28.8 Å². The van der Waals surface area contributed by atoms with E-state index in [0.29, 0.717) is 37.6 Å². The number of carbonyl (C=O) groups excluding carboxylic acids is 3. The van der Waals surface area contributed by atoms with Crippen molar-refractivity contribution in [2.45, 2.75) is 34.2 Å². The van der Waals surface area contributed by atoms with Gasteiger partial charge in [0.2, 0.25) is 5.91 Å². The second kappa shape index (κ2) is 10.8. The van der Waals surface area contributed by atoms with Crippen LogP contribution in [0.15, 0.2) is 53.6 Å². The van der Waals surface area contributed by atoms with Gasteiger partial charge in [-0.3, -0.25) is 19.0 Å². The average Bonchev–Trinajstić information content (AvgIpc) is 3.20. The van der Waals surface area contributed by atoms with Crippen LogP contribution >= 0.6 is 11.3 Å². The Bertz CT molecular complexity index is 1570. The second-order valence-corrected chi connectivity index (χ2v) is 9.53. The molecule has 190 valence electrons. The fourth-order valence-electron chi connectivity index (χ4n) is 3.88. The highest BCUT2D eigenvalue weighted by molar-refractivity contribution is 7.20. The van der Waals surface area contributed by atoms with Crippen LogP contribution in [0.2, 0.25) is 0 Å². The summed E-state index contributed by atoms with van der Waals surface area (Å²) >= 11 is 1.14. The molecule has 9 nitrogen and oxygen atoms in total. The number of anilines is 2. The van der Waals surface area contributed by atoms with Crippen LogP contribution in [0.4, 0.5) is 11.4 Å². The van der Waals surface area contributed by atoms with Crippen LogP contribution in [0.1, 0.15) is 43.6 Å². The Hall–Kier alpha value is -4.31. The quantitative estimate of drug-likeness (QED) is 0.349. The molecule has 4 rings (SSSR count). The molecule has 10 heteroatoms. The van der Waals surface area contributed by atoms with Crippen molar-refractivity contribution < 1.29 is 19.1 Å². The molecule has 4 aromatic rings. The Balaban J connectivity index is 1.51. The van der Waals surface area contributed by atoms with Gasteiger partial charge in [0.15, 0.2) is 0 Å². The van der Waals surface area contributed by atoms with Crippen LogP contribution in [0.5, 0.6) is 0 Å². The summed E-state index contributed by atoms with van der Waals surface area (Å²) in [4.78, 5) is 55.7. The maximum Gasteiger partial charge on any atom is 0.338 e. The van der Waals surface area contributed by atoms with E-state index in [1.54, 1.807) is 38.1 Å². The number of aryl methyl sites for hydroxylation is 3. The van der Waals surface area contributed by atoms with Crippen molar-refractivity contribution in [3.8, 4) is 0 Å². The number of amides is 2. The number of ether oxygens (including phenoxy) is 1. The van der Waals surface area contributed by atoms with Gasteiger partial charge in [-0.1, -0.05) is 17.7 Å². The summed E-state index contributed by atoms with van der Waals surface area (Å²) in [5.74, 6) is -1.20. The number of thiophene rings is 1. The van der Waals surface area contributed by atoms with Gasteiger partial charge in [0.25, 0.3) is 11.5 Å². The van der Waals surface area contributed by atoms with E-state index >= 15 is 0 Å². The smallest absolute Gasteiger partial charge is 0.338 e. The molecule has 37 heavy (non-hydrogen) atoms. The second-order valence-electron chi connectivity index (χ2n) is 8.53. The predicted octanol–water partition coefficient (Wildman–Crippen LogP) is 4.45. The fraction of sp³-hybridized carbons (Fsp3) is 0.222. The van der Waals surface area contributed by atoms with Crippen LogP contribution in [-0.4, -0.2) is 33.9 Å². The Morgan fingerprint density at radius 3 is 2.43 bits per heavy atom. The first-order chi connectivity index (χ1) is 17.7. The molecule has 2 N–H and O–H groups in total. The van der Waals surface area contributed by atoms with Crippen LogP contribution < -0.4 is 16.2 Å². The van der Waals surface area contributed by atoms with Crippen LogP contribution in [0.25, 0.3) is 10.2 Å². The molecule has 0 spiro atoms. The number of nitrogens with one attached hydrogen (secondary N) is 2. The lowest BCUT2D eigenvalue weighted by Crippen LogP contribution is -2.28. The first kappa shape index (κ1) is 25.8. The zero-order valence-corrected chi connectivity index (χ0v) is 21.7. The summed E-state index contributed by atoms with van der Waals surface area (Å²) in [6.07, 6.45) is 1.30. The molecule has 0 aliphatic heterocycles. The molecule has 2 aromatic heterocycles. The first-order valence-corrected chi connectivity index (χ1v) is 12.4. The molecule has 0 radical (unpaired) electrons. The minimum Gasteiger partial charge on any atom is -0.462 e. The summed E-state index contributed by atoms with van der Waals surface area (Å²) in [5, 5.41) is 5.92. The van der Waals surface area contributed by atoms with E-state index < -0.39 is 17.4 Å². The molecule has 0 saturated carbocycles. The zero-order valence-electron chi connectivity index (χ0n) is 20.9. The molecular weight excluding hydrogens is 492 g/mol. The first-order valence-electron chi connectivity index (χ1n) is 11.6. The predicted molar refractivity (Wildman–Crippen MR) is 144 cm³/mol. The molecule has 0 atom stereocenters. The lowest BCUT2D eigenvalue weighted by atomic mass is 10.1. The standard InChI is InChI=1S/C27H26N4O5S/c1-5-36-27(35)18-7-9-19(10-8-18)29-21(32)13-31-14-28-25-22(26(31)34)17(4)23(37-25)24(33)30-20-11-6-15(2)12-16(20)3/h6-12,14H,5,13H2,1-4H3,(H,29,32)(H,30,33). The molecule has 2 heterocycles. The number of hydrogen-bond donors (Lipinski definition) is 2. The van der Waals surface area contributed by atoms with Gasteiger partial charge in [0.1, 0.15) is 11.4 Å². The van der Waals surface area contributed by atoms with E-state index in [1.165, 1.54) is 10.9 Å². The van der Waals surface area contributed by atoms with E-state index in [4.69, 9.17) is 4.74 Å². The van der Waals surface area contributed by atoms with Gasteiger partial charge in [-0.05, 0) is 69.2 Å². The summed E-state index contributed by atoms with van der Waals surface area (Å²) in [7, 11) is 0. The third-order valence-corrected chi connectivity index (χ3v) is 6.95. The molecule has 0 bridgehead atoms. The third-order valence-electron chi connectivity index (χ3n) is 5.75. The van der Waals surface area contributed by atoms with Crippen molar-refractivity contribution in [1.29, 1.82) is 0 Å². The van der Waals surface area contributed by atoms with Crippen molar-refractivity contribution in [2.24, 2.45) is 0 Å². The molecular formula is C27H26N4O5S. The van der Waals surface area contributed by atoms with Crippen molar-refractivity contribution in [1.82, 2.24) is 9.55 Å². The fourth-order valence-corrected chi connectivity index (χ4v) is 4.92. The monoisotopic (exact) mass is 518 g/mol. The van der Waals surface area contributed by atoms with Gasteiger partial charge >= 0.3 is 5.97 Å². The highest BCUT2D eigenvalue weighted by Gasteiger charge is 2.21. The molecule has 0 aliphatic rings. The Morgan fingerprint density at radius 2 is 1.76 bits per heavy atom. The molecule has 0 saturated heterocycles. The lowest BCUT2D eigenvalue weighted by Gasteiger charge is -2.09. The normalized spacial score (nSPS) is 10.8. The largest absolute Gasteiger partial charge is 0.462 e. The van der Waals surface area contributed by atoms with Crippen LogP contribution in [0, 0.1) is 20.8 Å². The summed E-state index contributed by atoms with van der Waals surface area (Å²) < 4.78 is 6.15. The average molecular weight is 519 g/mol. The Labute approximate surface area is 217 Å². The van der Waals surface area contributed by atoms with Crippen molar-refractivity contribution in [3.63, 3.8) is 0 Å². The maximum atomic E-state index is 13.2. The molecule has 0 unspecified atom stereocenters. The Morgan fingerprint density at radius 1 is 1.03 bits per heavy atom. The van der Waals surface area contributed by atoms with Gasteiger partial charge in [-0.25, -0.2) is 9.78 Å². The van der Waals surface area contributed by atoms with Crippen molar-refractivity contribution >= 4 is 50.7 Å². The molecule has 2 aromatic carbocycles. The van der Waals surface area contributed by atoms with E-state index in [1.807, 2.05) is 32.0 Å². The highest BCUT2D eigenvalue weighted by atomic mass is 32.1. The number of benzene rings is 2. The number of aromatic nitrogens is 2. The van der Waals surface area contributed by atoms with Crippen molar-refractivity contribution in [3.05, 3.63) is 86.3 Å². The molecule has 0 aliphatic carbocycles. The van der Waals surface area contributed by atoms with Gasteiger partial charge in [-0.2, -0.15) is 0 Å². The van der Waals surface area contributed by atoms with E-state index in [0.717, 1.165) is 22.5 Å². The van der Waals surface area contributed by atoms with Gasteiger partial charge < -0.3 is 15.4 Å². The number of nitrogens with zero attached hydrogens (tertiary/aromatic N) is 2. The number of rotatable bonds is 7. The maximum absolute atomic E-state index is 13.2. The topological polar surface area (TPSA) is 119 Å². The van der Waals surface area contributed by atoms with Crippen LogP contribution in [-0.2, 0) is 16.1 Å². The van der Waals surface area contributed by atoms with Gasteiger partial charge in [-0.15, -0.1) is 11.3 Å². The Kier molecular flexibility index (Phi) is 7.49.